The Hall–Kier alpha value is -2.11. The number of rotatable bonds is 6. The largest absolute Gasteiger partial charge is 0.365 e. The summed E-state index contributed by atoms with van der Waals surface area (Å²) in [5.41, 5.74) is 1.06. The van der Waals surface area contributed by atoms with Crippen LogP contribution in [-0.2, 0) is 20.0 Å². The fraction of sp³-hybridized carbons (Fsp3) is 0.500. The van der Waals surface area contributed by atoms with Crippen molar-refractivity contribution in [1.82, 2.24) is 19.3 Å². The van der Waals surface area contributed by atoms with Gasteiger partial charge in [-0.3, -0.25) is 9.48 Å². The highest BCUT2D eigenvalue weighted by atomic mass is 16.1. The van der Waals surface area contributed by atoms with Gasteiger partial charge in [0.1, 0.15) is 0 Å². The standard InChI is InChI=1S/C14H21N5O/c1-11(2)10-19-9-8-16-13(14(19)20)15-6-4-12-5-7-17-18(12)3/h5,7-9,11H,4,6,10H2,1-3H3,(H,15,16). The van der Waals surface area contributed by atoms with E-state index in [2.05, 4.69) is 29.2 Å². The summed E-state index contributed by atoms with van der Waals surface area (Å²) < 4.78 is 3.53. The molecule has 0 aliphatic rings. The second-order valence-corrected chi connectivity index (χ2v) is 5.25. The van der Waals surface area contributed by atoms with Crippen LogP contribution in [0.1, 0.15) is 19.5 Å². The first-order chi connectivity index (χ1) is 9.58. The van der Waals surface area contributed by atoms with E-state index in [4.69, 9.17) is 0 Å². The minimum Gasteiger partial charge on any atom is -0.365 e. The van der Waals surface area contributed by atoms with Crippen LogP contribution in [0.3, 0.4) is 0 Å². The number of nitrogens with zero attached hydrogens (tertiary/aromatic N) is 4. The predicted octanol–water partition coefficient (Wildman–Crippen LogP) is 1.29. The van der Waals surface area contributed by atoms with Crippen molar-refractivity contribution in [2.75, 3.05) is 11.9 Å². The first-order valence-electron chi connectivity index (χ1n) is 6.84. The van der Waals surface area contributed by atoms with Gasteiger partial charge in [0.25, 0.3) is 5.56 Å². The molecular weight excluding hydrogens is 254 g/mol. The molecule has 0 bridgehead atoms. The van der Waals surface area contributed by atoms with Gasteiger partial charge < -0.3 is 9.88 Å². The molecule has 0 atom stereocenters. The Morgan fingerprint density at radius 1 is 1.35 bits per heavy atom. The van der Waals surface area contributed by atoms with Crippen molar-refractivity contribution in [2.45, 2.75) is 26.8 Å². The highest BCUT2D eigenvalue weighted by molar-refractivity contribution is 5.30. The van der Waals surface area contributed by atoms with Crippen molar-refractivity contribution < 1.29 is 0 Å². The maximum absolute atomic E-state index is 12.2. The van der Waals surface area contributed by atoms with Crippen molar-refractivity contribution in [3.63, 3.8) is 0 Å². The zero-order valence-corrected chi connectivity index (χ0v) is 12.2. The maximum atomic E-state index is 12.2. The van der Waals surface area contributed by atoms with Gasteiger partial charge in [-0.15, -0.1) is 0 Å². The molecule has 0 fully saturated rings. The molecule has 0 aromatic carbocycles. The molecule has 0 radical (unpaired) electrons. The van der Waals surface area contributed by atoms with Crippen LogP contribution in [0.5, 0.6) is 0 Å². The van der Waals surface area contributed by atoms with Gasteiger partial charge in [0.05, 0.1) is 0 Å². The van der Waals surface area contributed by atoms with E-state index in [-0.39, 0.29) is 5.56 Å². The molecule has 1 N–H and O–H groups in total. The van der Waals surface area contributed by atoms with Crippen molar-refractivity contribution in [3.05, 3.63) is 40.7 Å². The molecule has 0 spiro atoms. The van der Waals surface area contributed by atoms with E-state index in [9.17, 15) is 4.79 Å². The highest BCUT2D eigenvalue weighted by Crippen LogP contribution is 2.01. The lowest BCUT2D eigenvalue weighted by molar-refractivity contribution is 0.509. The Labute approximate surface area is 118 Å². The lowest BCUT2D eigenvalue weighted by Crippen LogP contribution is -2.26. The predicted molar refractivity (Wildman–Crippen MR) is 78.7 cm³/mol. The third-order valence-corrected chi connectivity index (χ3v) is 3.07. The summed E-state index contributed by atoms with van der Waals surface area (Å²) in [7, 11) is 1.91. The van der Waals surface area contributed by atoms with Crippen molar-refractivity contribution in [2.24, 2.45) is 13.0 Å². The molecule has 0 aliphatic heterocycles. The number of aromatic nitrogens is 4. The Balaban J connectivity index is 1.99. The van der Waals surface area contributed by atoms with Gasteiger partial charge in [-0.1, -0.05) is 13.8 Å². The van der Waals surface area contributed by atoms with Crippen LogP contribution in [-0.4, -0.2) is 25.9 Å². The Bertz CT molecular complexity index is 614. The smallest absolute Gasteiger partial charge is 0.293 e. The minimum atomic E-state index is -0.0637. The molecular formula is C14H21N5O. The van der Waals surface area contributed by atoms with Crippen LogP contribution in [0.15, 0.2) is 29.5 Å². The quantitative estimate of drug-likeness (QED) is 0.862. The van der Waals surface area contributed by atoms with Crippen LogP contribution in [0, 0.1) is 5.92 Å². The second kappa shape index (κ2) is 6.36. The number of nitrogens with one attached hydrogen (secondary N) is 1. The summed E-state index contributed by atoms with van der Waals surface area (Å²) in [6.07, 6.45) is 5.97. The summed E-state index contributed by atoms with van der Waals surface area (Å²) >= 11 is 0. The summed E-state index contributed by atoms with van der Waals surface area (Å²) in [5.74, 6) is 0.840. The third kappa shape index (κ3) is 3.46. The Morgan fingerprint density at radius 2 is 2.15 bits per heavy atom. The highest BCUT2D eigenvalue weighted by Gasteiger charge is 2.06. The van der Waals surface area contributed by atoms with E-state index in [0.29, 0.717) is 24.8 Å². The molecule has 108 valence electrons. The molecule has 6 nitrogen and oxygen atoms in total. The molecule has 0 saturated carbocycles. The van der Waals surface area contributed by atoms with Crippen molar-refractivity contribution in [1.29, 1.82) is 0 Å². The molecule has 2 aromatic heterocycles. The van der Waals surface area contributed by atoms with E-state index in [1.54, 1.807) is 23.2 Å². The SMILES string of the molecule is CC(C)Cn1ccnc(NCCc2ccnn2C)c1=O. The second-order valence-electron chi connectivity index (χ2n) is 5.25. The molecule has 2 heterocycles. The third-order valence-electron chi connectivity index (χ3n) is 3.07. The van der Waals surface area contributed by atoms with Gasteiger partial charge >= 0.3 is 0 Å². The summed E-state index contributed by atoms with van der Waals surface area (Å²) in [5, 5.41) is 7.22. The van der Waals surface area contributed by atoms with Gasteiger partial charge in [-0.05, 0) is 12.0 Å². The zero-order chi connectivity index (χ0) is 14.5. The summed E-state index contributed by atoms with van der Waals surface area (Å²) in [6, 6.07) is 1.97. The molecule has 0 amide bonds. The van der Waals surface area contributed by atoms with Gasteiger partial charge in [-0.25, -0.2) is 4.98 Å². The van der Waals surface area contributed by atoms with Gasteiger partial charge in [0.15, 0.2) is 5.82 Å². The van der Waals surface area contributed by atoms with E-state index < -0.39 is 0 Å². The van der Waals surface area contributed by atoms with E-state index in [0.717, 1.165) is 12.1 Å². The van der Waals surface area contributed by atoms with Crippen LogP contribution >= 0.6 is 0 Å². The molecule has 20 heavy (non-hydrogen) atoms. The number of anilines is 1. The Kier molecular flexibility index (Phi) is 4.55. The average Bonchev–Trinajstić information content (AvgIpc) is 2.79. The van der Waals surface area contributed by atoms with Crippen molar-refractivity contribution in [3.8, 4) is 0 Å². The van der Waals surface area contributed by atoms with Gasteiger partial charge in [-0.2, -0.15) is 5.10 Å². The normalized spacial score (nSPS) is 11.0. The number of hydrogen-bond acceptors (Lipinski definition) is 4. The summed E-state index contributed by atoms with van der Waals surface area (Å²) in [6.45, 7) is 5.54. The first kappa shape index (κ1) is 14.3. The monoisotopic (exact) mass is 275 g/mol. The van der Waals surface area contributed by atoms with Gasteiger partial charge in [0, 0.05) is 50.8 Å². The average molecular weight is 275 g/mol. The molecule has 0 aliphatic carbocycles. The fourth-order valence-electron chi connectivity index (χ4n) is 2.06. The number of aryl methyl sites for hydroxylation is 1. The van der Waals surface area contributed by atoms with E-state index >= 15 is 0 Å². The maximum Gasteiger partial charge on any atom is 0.293 e. The molecule has 2 aromatic rings. The van der Waals surface area contributed by atoms with Crippen LogP contribution in [0.25, 0.3) is 0 Å². The molecule has 0 saturated heterocycles. The molecule has 6 heteroatoms. The zero-order valence-electron chi connectivity index (χ0n) is 12.2. The van der Waals surface area contributed by atoms with E-state index in [1.807, 2.05) is 17.8 Å². The van der Waals surface area contributed by atoms with E-state index in [1.165, 1.54) is 0 Å². The minimum absolute atomic E-state index is 0.0637. The topological polar surface area (TPSA) is 64.7 Å². The molecule has 0 unspecified atom stereocenters. The first-order valence-corrected chi connectivity index (χ1v) is 6.84. The summed E-state index contributed by atoms with van der Waals surface area (Å²) in [4.78, 5) is 16.3. The van der Waals surface area contributed by atoms with Crippen molar-refractivity contribution >= 4 is 5.82 Å². The number of hydrogen-bond donors (Lipinski definition) is 1. The van der Waals surface area contributed by atoms with Gasteiger partial charge in [0.2, 0.25) is 0 Å². The molecule has 2 rings (SSSR count). The lowest BCUT2D eigenvalue weighted by atomic mass is 10.2. The van der Waals surface area contributed by atoms with Crippen LogP contribution < -0.4 is 10.9 Å². The van der Waals surface area contributed by atoms with Crippen LogP contribution in [0.4, 0.5) is 5.82 Å². The fourth-order valence-corrected chi connectivity index (χ4v) is 2.06. The Morgan fingerprint density at radius 3 is 2.80 bits per heavy atom. The lowest BCUT2D eigenvalue weighted by Gasteiger charge is -2.10. The van der Waals surface area contributed by atoms with Crippen LogP contribution in [0.2, 0.25) is 0 Å².